The molecule has 1 aliphatic heterocycles. The molecule has 0 spiro atoms. The zero-order valence-corrected chi connectivity index (χ0v) is 14.2. The van der Waals surface area contributed by atoms with Gasteiger partial charge in [-0.1, -0.05) is 0 Å². The molecule has 1 saturated heterocycles. The second kappa shape index (κ2) is 7.42. The molecule has 0 aliphatic carbocycles. The van der Waals surface area contributed by atoms with Crippen LogP contribution in [-0.4, -0.2) is 23.1 Å². The molecule has 0 saturated carbocycles. The van der Waals surface area contributed by atoms with Crippen molar-refractivity contribution >= 4 is 11.6 Å². The van der Waals surface area contributed by atoms with E-state index in [1.165, 1.54) is 19.3 Å². The maximum Gasteiger partial charge on any atom is 0.134 e. The number of rotatable bonds is 6. The Bertz CT molecular complexity index is 728. The lowest BCUT2D eigenvalue weighted by molar-refractivity contribution is 0.475. The van der Waals surface area contributed by atoms with Gasteiger partial charge in [0.05, 0.1) is 25.6 Å². The van der Waals surface area contributed by atoms with E-state index in [4.69, 9.17) is 8.83 Å². The zero-order chi connectivity index (χ0) is 16.9. The van der Waals surface area contributed by atoms with Crippen LogP contribution < -0.4 is 9.80 Å². The van der Waals surface area contributed by atoms with Gasteiger partial charge >= 0.3 is 0 Å². The monoisotopic (exact) mass is 338 g/mol. The molecule has 25 heavy (non-hydrogen) atoms. The molecule has 0 atom stereocenters. The lowest BCUT2D eigenvalue weighted by Crippen LogP contribution is -2.30. The number of aromatic nitrogens is 2. The second-order valence-electron chi connectivity index (χ2n) is 6.30. The molecule has 0 amide bonds. The Kier molecular flexibility index (Phi) is 4.68. The fourth-order valence-electron chi connectivity index (χ4n) is 3.21. The highest BCUT2D eigenvalue weighted by Crippen LogP contribution is 2.24. The molecule has 1 aliphatic rings. The maximum absolute atomic E-state index is 5.53. The SMILES string of the molecule is c1coc(CN(Cc2ccco2)c2cc(N3CCCCC3)ncn2)c1. The molecular formula is C19H22N4O2. The molecule has 0 bridgehead atoms. The van der Waals surface area contributed by atoms with Crippen molar-refractivity contribution in [2.75, 3.05) is 22.9 Å². The van der Waals surface area contributed by atoms with Gasteiger partial charge in [-0.15, -0.1) is 0 Å². The van der Waals surface area contributed by atoms with E-state index in [-0.39, 0.29) is 0 Å². The summed E-state index contributed by atoms with van der Waals surface area (Å²) in [6, 6.07) is 9.82. The first-order valence-electron chi connectivity index (χ1n) is 8.75. The number of furan rings is 2. The van der Waals surface area contributed by atoms with E-state index >= 15 is 0 Å². The van der Waals surface area contributed by atoms with E-state index in [1.807, 2.05) is 24.3 Å². The molecule has 6 heteroatoms. The van der Waals surface area contributed by atoms with Gasteiger partial charge < -0.3 is 18.6 Å². The summed E-state index contributed by atoms with van der Waals surface area (Å²) in [6.45, 7) is 3.38. The van der Waals surface area contributed by atoms with Gasteiger partial charge in [-0.05, 0) is 43.5 Å². The molecule has 0 N–H and O–H groups in total. The summed E-state index contributed by atoms with van der Waals surface area (Å²) in [5.41, 5.74) is 0. The molecule has 0 unspecified atom stereocenters. The molecular weight excluding hydrogens is 316 g/mol. The highest BCUT2D eigenvalue weighted by molar-refractivity contribution is 5.50. The average molecular weight is 338 g/mol. The van der Waals surface area contributed by atoms with Gasteiger partial charge in [0.2, 0.25) is 0 Å². The highest BCUT2D eigenvalue weighted by Gasteiger charge is 2.17. The predicted octanol–water partition coefficient (Wildman–Crippen LogP) is 3.86. The molecule has 3 aromatic heterocycles. The van der Waals surface area contributed by atoms with Crippen molar-refractivity contribution in [3.63, 3.8) is 0 Å². The van der Waals surface area contributed by atoms with Crippen LogP contribution in [0, 0.1) is 0 Å². The second-order valence-corrected chi connectivity index (χ2v) is 6.30. The largest absolute Gasteiger partial charge is 0.467 e. The van der Waals surface area contributed by atoms with Gasteiger partial charge in [-0.3, -0.25) is 0 Å². The minimum Gasteiger partial charge on any atom is -0.467 e. The van der Waals surface area contributed by atoms with Crippen molar-refractivity contribution in [1.82, 2.24) is 9.97 Å². The Morgan fingerprint density at radius 2 is 1.60 bits per heavy atom. The molecule has 4 rings (SSSR count). The zero-order valence-electron chi connectivity index (χ0n) is 14.2. The third-order valence-corrected chi connectivity index (χ3v) is 4.50. The van der Waals surface area contributed by atoms with Crippen LogP contribution in [0.5, 0.6) is 0 Å². The van der Waals surface area contributed by atoms with Crippen LogP contribution in [-0.2, 0) is 13.1 Å². The Labute approximate surface area is 147 Å². The summed E-state index contributed by atoms with van der Waals surface area (Å²) in [6.07, 6.45) is 8.79. The fourth-order valence-corrected chi connectivity index (χ4v) is 3.21. The minimum absolute atomic E-state index is 0.629. The van der Waals surface area contributed by atoms with Crippen LogP contribution in [0.15, 0.2) is 58.0 Å². The van der Waals surface area contributed by atoms with Gasteiger partial charge in [0.25, 0.3) is 0 Å². The van der Waals surface area contributed by atoms with E-state index in [9.17, 15) is 0 Å². The standard InChI is InChI=1S/C19H22N4O2/c1-2-8-22(9-3-1)18-12-19(21-15-20-18)23(13-16-6-4-10-24-16)14-17-7-5-11-25-17/h4-7,10-12,15H,1-3,8-9,13-14H2. The summed E-state index contributed by atoms with van der Waals surface area (Å²) in [7, 11) is 0. The predicted molar refractivity (Wildman–Crippen MR) is 95.4 cm³/mol. The summed E-state index contributed by atoms with van der Waals surface area (Å²) >= 11 is 0. The number of nitrogens with zero attached hydrogens (tertiary/aromatic N) is 4. The first-order valence-corrected chi connectivity index (χ1v) is 8.75. The topological polar surface area (TPSA) is 58.5 Å². The van der Waals surface area contributed by atoms with E-state index < -0.39 is 0 Å². The van der Waals surface area contributed by atoms with E-state index in [1.54, 1.807) is 18.9 Å². The van der Waals surface area contributed by atoms with Crippen LogP contribution in [0.3, 0.4) is 0 Å². The molecule has 3 aromatic rings. The summed E-state index contributed by atoms with van der Waals surface area (Å²) in [5.74, 6) is 3.66. The normalized spacial score (nSPS) is 14.6. The van der Waals surface area contributed by atoms with E-state index in [0.717, 1.165) is 36.2 Å². The van der Waals surface area contributed by atoms with Crippen LogP contribution in [0.25, 0.3) is 0 Å². The number of piperidine rings is 1. The summed E-state index contributed by atoms with van der Waals surface area (Å²) in [5, 5.41) is 0. The fraction of sp³-hybridized carbons (Fsp3) is 0.368. The van der Waals surface area contributed by atoms with Crippen molar-refractivity contribution < 1.29 is 8.83 Å². The highest BCUT2D eigenvalue weighted by atomic mass is 16.3. The average Bonchev–Trinajstić information content (AvgIpc) is 3.36. The quantitative estimate of drug-likeness (QED) is 0.680. The van der Waals surface area contributed by atoms with E-state index in [0.29, 0.717) is 13.1 Å². The Balaban J connectivity index is 1.59. The van der Waals surface area contributed by atoms with Crippen LogP contribution in [0.2, 0.25) is 0 Å². The van der Waals surface area contributed by atoms with Gasteiger partial charge in [0.1, 0.15) is 29.5 Å². The smallest absolute Gasteiger partial charge is 0.134 e. The first-order chi connectivity index (χ1) is 12.4. The Morgan fingerprint density at radius 3 is 2.20 bits per heavy atom. The molecule has 6 nitrogen and oxygen atoms in total. The Morgan fingerprint density at radius 1 is 0.920 bits per heavy atom. The van der Waals surface area contributed by atoms with Crippen LogP contribution in [0.4, 0.5) is 11.6 Å². The number of hydrogen-bond acceptors (Lipinski definition) is 6. The third kappa shape index (κ3) is 3.84. The molecule has 1 fully saturated rings. The number of anilines is 2. The van der Waals surface area contributed by atoms with Crippen molar-refractivity contribution in [2.45, 2.75) is 32.4 Å². The Hall–Kier alpha value is -2.76. The molecule has 0 aromatic carbocycles. The minimum atomic E-state index is 0.629. The lowest BCUT2D eigenvalue weighted by atomic mass is 10.1. The van der Waals surface area contributed by atoms with Crippen molar-refractivity contribution in [1.29, 1.82) is 0 Å². The van der Waals surface area contributed by atoms with Gasteiger partial charge in [-0.25, -0.2) is 9.97 Å². The molecule has 0 radical (unpaired) electrons. The van der Waals surface area contributed by atoms with Gasteiger partial charge in [0, 0.05) is 19.2 Å². The van der Waals surface area contributed by atoms with Crippen molar-refractivity contribution in [2.24, 2.45) is 0 Å². The number of hydrogen-bond donors (Lipinski definition) is 0. The molecule has 130 valence electrons. The summed E-state index contributed by atoms with van der Waals surface area (Å²) < 4.78 is 11.1. The maximum atomic E-state index is 5.53. The van der Waals surface area contributed by atoms with Gasteiger partial charge in [0.15, 0.2) is 0 Å². The van der Waals surface area contributed by atoms with Gasteiger partial charge in [-0.2, -0.15) is 0 Å². The summed E-state index contributed by atoms with van der Waals surface area (Å²) in [4.78, 5) is 13.5. The van der Waals surface area contributed by atoms with E-state index in [2.05, 4.69) is 25.8 Å². The molecule has 4 heterocycles. The van der Waals surface area contributed by atoms with Crippen molar-refractivity contribution in [3.8, 4) is 0 Å². The third-order valence-electron chi connectivity index (χ3n) is 4.50. The van der Waals surface area contributed by atoms with Crippen LogP contribution in [0.1, 0.15) is 30.8 Å². The lowest BCUT2D eigenvalue weighted by Gasteiger charge is -2.29. The first kappa shape index (κ1) is 15.7. The van der Waals surface area contributed by atoms with Crippen LogP contribution >= 0.6 is 0 Å². The van der Waals surface area contributed by atoms with Crippen molar-refractivity contribution in [3.05, 3.63) is 60.7 Å².